The van der Waals surface area contributed by atoms with Gasteiger partial charge in [-0.15, -0.1) is 0 Å². The Morgan fingerprint density at radius 2 is 2.00 bits per heavy atom. The minimum atomic E-state index is -0.0933. The highest BCUT2D eigenvalue weighted by atomic mass is 35.5. The van der Waals surface area contributed by atoms with Gasteiger partial charge in [0.05, 0.1) is 25.0 Å². The molecular weight excluding hydrogens is 314 g/mol. The molecule has 4 rings (SSSR count). The zero-order valence-corrected chi connectivity index (χ0v) is 13.6. The maximum atomic E-state index is 12.7. The molecule has 1 amide bonds. The number of aromatic nitrogens is 2. The first-order valence-electron chi connectivity index (χ1n) is 7.53. The standard InChI is InChI=1S/C16H16ClN5O/c1-9-10(2)22-15(23)13-14(19-8-18-13)21(16(22)20-9)7-11-3-5-12(17)6-4-11/h3-6,8-10H,7H2,1-2H3,(H,18,19)/t9-,10-/m1/s1. The molecule has 1 aromatic carbocycles. The maximum absolute atomic E-state index is 12.7. The number of hydrogen-bond acceptors (Lipinski definition) is 4. The van der Waals surface area contributed by atoms with E-state index in [1.165, 1.54) is 0 Å². The second kappa shape index (κ2) is 5.09. The van der Waals surface area contributed by atoms with Crippen molar-refractivity contribution in [1.82, 2.24) is 14.9 Å². The second-order valence-corrected chi connectivity index (χ2v) is 6.33. The summed E-state index contributed by atoms with van der Waals surface area (Å²) in [6, 6.07) is 7.75. The summed E-state index contributed by atoms with van der Waals surface area (Å²) >= 11 is 5.96. The summed E-state index contributed by atoms with van der Waals surface area (Å²) in [6.07, 6.45) is 1.55. The molecule has 2 aliphatic rings. The highest BCUT2D eigenvalue weighted by Gasteiger charge is 2.44. The number of guanidine groups is 1. The first kappa shape index (κ1) is 14.3. The molecule has 2 aromatic rings. The van der Waals surface area contributed by atoms with E-state index in [2.05, 4.69) is 15.0 Å². The Morgan fingerprint density at radius 3 is 2.74 bits per heavy atom. The van der Waals surface area contributed by atoms with Gasteiger partial charge in [-0.2, -0.15) is 0 Å². The second-order valence-electron chi connectivity index (χ2n) is 5.90. The molecule has 1 N–H and O–H groups in total. The molecule has 0 bridgehead atoms. The molecule has 0 spiro atoms. The highest BCUT2D eigenvalue weighted by molar-refractivity contribution is 6.30. The monoisotopic (exact) mass is 329 g/mol. The Bertz CT molecular complexity index is 797. The number of nitrogens with one attached hydrogen (secondary N) is 1. The highest BCUT2D eigenvalue weighted by Crippen LogP contribution is 2.32. The number of carbonyl (C=O) groups excluding carboxylic acids is 1. The zero-order valence-electron chi connectivity index (χ0n) is 12.8. The number of hydrogen-bond donors (Lipinski definition) is 1. The van der Waals surface area contributed by atoms with Crippen molar-refractivity contribution < 1.29 is 4.79 Å². The fourth-order valence-corrected chi connectivity index (χ4v) is 3.14. The molecule has 0 aliphatic carbocycles. The molecule has 3 heterocycles. The van der Waals surface area contributed by atoms with Gasteiger partial charge < -0.3 is 4.98 Å². The number of fused-ring (bicyclic) bond motifs is 2. The molecule has 0 saturated heterocycles. The third kappa shape index (κ3) is 2.13. The summed E-state index contributed by atoms with van der Waals surface area (Å²) in [5.41, 5.74) is 1.53. The largest absolute Gasteiger partial charge is 0.330 e. The van der Waals surface area contributed by atoms with Crippen LogP contribution in [-0.2, 0) is 6.54 Å². The van der Waals surface area contributed by atoms with Crippen LogP contribution >= 0.6 is 11.6 Å². The lowest BCUT2D eigenvalue weighted by molar-refractivity contribution is 0.0803. The number of amides is 1. The van der Waals surface area contributed by atoms with Crippen molar-refractivity contribution in [1.29, 1.82) is 0 Å². The van der Waals surface area contributed by atoms with Crippen LogP contribution in [0.15, 0.2) is 35.6 Å². The molecular formula is C16H16ClN5O. The summed E-state index contributed by atoms with van der Waals surface area (Å²) in [4.78, 5) is 28.4. The predicted octanol–water partition coefficient (Wildman–Crippen LogP) is 2.67. The summed E-state index contributed by atoms with van der Waals surface area (Å²) in [5.74, 6) is 1.28. The van der Waals surface area contributed by atoms with Crippen molar-refractivity contribution >= 4 is 29.3 Å². The molecule has 6 nitrogen and oxygen atoms in total. The van der Waals surface area contributed by atoms with Gasteiger partial charge in [0, 0.05) is 5.02 Å². The summed E-state index contributed by atoms with van der Waals surface area (Å²) < 4.78 is 0. The Morgan fingerprint density at radius 1 is 1.26 bits per heavy atom. The van der Waals surface area contributed by atoms with E-state index >= 15 is 0 Å². The molecule has 7 heteroatoms. The van der Waals surface area contributed by atoms with E-state index < -0.39 is 0 Å². The van der Waals surface area contributed by atoms with Crippen molar-refractivity contribution in [2.24, 2.45) is 4.99 Å². The molecule has 1 aromatic heterocycles. The average molecular weight is 330 g/mol. The van der Waals surface area contributed by atoms with Gasteiger partial charge in [0.1, 0.15) is 5.82 Å². The number of imidazole rings is 1. The van der Waals surface area contributed by atoms with Crippen molar-refractivity contribution in [2.75, 3.05) is 4.90 Å². The number of anilines is 1. The quantitative estimate of drug-likeness (QED) is 0.921. The zero-order chi connectivity index (χ0) is 16.1. The lowest BCUT2D eigenvalue weighted by Crippen LogP contribution is -2.52. The summed E-state index contributed by atoms with van der Waals surface area (Å²) in [5, 5.41) is 0.701. The van der Waals surface area contributed by atoms with Crippen LogP contribution in [0.5, 0.6) is 0 Å². The van der Waals surface area contributed by atoms with Crippen LogP contribution in [0.4, 0.5) is 5.82 Å². The Labute approximate surface area is 138 Å². The van der Waals surface area contributed by atoms with Crippen LogP contribution in [0.1, 0.15) is 29.9 Å². The van der Waals surface area contributed by atoms with Gasteiger partial charge in [-0.1, -0.05) is 23.7 Å². The average Bonchev–Trinajstić information content (AvgIpc) is 3.12. The molecule has 2 aliphatic heterocycles. The molecule has 0 radical (unpaired) electrons. The van der Waals surface area contributed by atoms with Crippen LogP contribution in [0.25, 0.3) is 0 Å². The molecule has 2 atom stereocenters. The molecule has 0 saturated carbocycles. The van der Waals surface area contributed by atoms with Gasteiger partial charge in [-0.25, -0.2) is 9.98 Å². The number of halogens is 1. The summed E-state index contributed by atoms with van der Waals surface area (Å²) in [6.45, 7) is 4.62. The van der Waals surface area contributed by atoms with Gasteiger partial charge in [0.15, 0.2) is 5.69 Å². The van der Waals surface area contributed by atoms with Gasteiger partial charge in [0.2, 0.25) is 5.96 Å². The van der Waals surface area contributed by atoms with E-state index in [0.29, 0.717) is 29.0 Å². The fourth-order valence-electron chi connectivity index (χ4n) is 3.01. The Balaban J connectivity index is 1.77. The van der Waals surface area contributed by atoms with Crippen LogP contribution in [-0.4, -0.2) is 38.8 Å². The Kier molecular flexibility index (Phi) is 3.16. The molecule has 0 unspecified atom stereocenters. The number of benzene rings is 1. The smallest absolute Gasteiger partial charge is 0.283 e. The van der Waals surface area contributed by atoms with Gasteiger partial charge >= 0.3 is 0 Å². The minimum Gasteiger partial charge on any atom is -0.330 e. The third-order valence-corrected chi connectivity index (χ3v) is 4.70. The number of carbonyl (C=O) groups is 1. The van der Waals surface area contributed by atoms with Crippen LogP contribution in [0, 0.1) is 0 Å². The number of aromatic amines is 1. The van der Waals surface area contributed by atoms with Gasteiger partial charge in [0.25, 0.3) is 5.91 Å². The van der Waals surface area contributed by atoms with E-state index in [0.717, 1.165) is 5.56 Å². The number of H-pyrrole nitrogens is 1. The normalized spacial score (nSPS) is 22.9. The lowest BCUT2D eigenvalue weighted by atomic mass is 10.1. The van der Waals surface area contributed by atoms with Gasteiger partial charge in [-0.05, 0) is 31.5 Å². The van der Waals surface area contributed by atoms with E-state index in [9.17, 15) is 4.79 Å². The van der Waals surface area contributed by atoms with Crippen LogP contribution < -0.4 is 4.90 Å². The van der Waals surface area contributed by atoms with Crippen molar-refractivity contribution in [3.63, 3.8) is 0 Å². The fraction of sp³-hybridized carbons (Fsp3) is 0.312. The topological polar surface area (TPSA) is 64.6 Å². The first-order chi connectivity index (χ1) is 11.1. The molecule has 118 valence electrons. The third-order valence-electron chi connectivity index (χ3n) is 4.45. The van der Waals surface area contributed by atoms with Crippen molar-refractivity contribution in [3.05, 3.63) is 46.9 Å². The first-order valence-corrected chi connectivity index (χ1v) is 7.91. The van der Waals surface area contributed by atoms with Crippen LogP contribution in [0.3, 0.4) is 0 Å². The van der Waals surface area contributed by atoms with E-state index in [1.54, 1.807) is 11.2 Å². The van der Waals surface area contributed by atoms with E-state index in [-0.39, 0.29) is 18.0 Å². The minimum absolute atomic E-state index is 0.0232. The van der Waals surface area contributed by atoms with Gasteiger partial charge in [-0.3, -0.25) is 14.6 Å². The molecule has 0 fully saturated rings. The van der Waals surface area contributed by atoms with Crippen LogP contribution in [0.2, 0.25) is 5.02 Å². The maximum Gasteiger partial charge on any atom is 0.283 e. The predicted molar refractivity (Wildman–Crippen MR) is 88.8 cm³/mol. The number of rotatable bonds is 2. The number of aliphatic imine (C=N–C) groups is 1. The van der Waals surface area contributed by atoms with E-state index in [4.69, 9.17) is 11.6 Å². The summed E-state index contributed by atoms with van der Waals surface area (Å²) in [7, 11) is 0. The SMILES string of the molecule is C[C@@H]1[C@@H](C)N=C2N(Cc3ccc(Cl)cc3)c3[nH]cnc3C(=O)N21. The Hall–Kier alpha value is -2.34. The van der Waals surface area contributed by atoms with Crippen molar-refractivity contribution in [3.8, 4) is 0 Å². The lowest BCUT2D eigenvalue weighted by Gasteiger charge is -2.35. The van der Waals surface area contributed by atoms with Crippen molar-refractivity contribution in [2.45, 2.75) is 32.5 Å². The van der Waals surface area contributed by atoms with E-state index in [1.807, 2.05) is 43.0 Å². The molecule has 23 heavy (non-hydrogen) atoms. The number of nitrogens with zero attached hydrogens (tertiary/aromatic N) is 4.